The first-order valence-corrected chi connectivity index (χ1v) is 4.95. The molecule has 0 aromatic carbocycles. The van der Waals surface area contributed by atoms with E-state index in [4.69, 9.17) is 11.6 Å². The van der Waals surface area contributed by atoms with E-state index in [0.717, 1.165) is 15.5 Å². The number of hydrogen-bond donors (Lipinski definition) is 1. The normalized spacial score (nSPS) is 10.2. The van der Waals surface area contributed by atoms with E-state index in [9.17, 15) is 4.79 Å². The molecule has 13 heavy (non-hydrogen) atoms. The molecule has 2 rings (SSSR count). The molecule has 66 valence electrons. The van der Waals surface area contributed by atoms with Crippen LogP contribution in [-0.4, -0.2) is 4.98 Å². The van der Waals surface area contributed by atoms with Gasteiger partial charge >= 0.3 is 0 Å². The molecule has 0 spiro atoms. The minimum absolute atomic E-state index is 0.102. The van der Waals surface area contributed by atoms with Crippen molar-refractivity contribution < 1.29 is 0 Å². The molecule has 0 bridgehead atoms. The van der Waals surface area contributed by atoms with Gasteiger partial charge in [-0.15, -0.1) is 11.3 Å². The van der Waals surface area contributed by atoms with Crippen molar-refractivity contribution in [2.24, 2.45) is 0 Å². The lowest BCUT2D eigenvalue weighted by atomic mass is 10.2. The van der Waals surface area contributed by atoms with Crippen LogP contribution in [0.3, 0.4) is 0 Å². The van der Waals surface area contributed by atoms with Gasteiger partial charge in [0.15, 0.2) is 0 Å². The van der Waals surface area contributed by atoms with Crippen LogP contribution in [0.15, 0.2) is 34.6 Å². The van der Waals surface area contributed by atoms with Gasteiger partial charge in [0.05, 0.1) is 0 Å². The van der Waals surface area contributed by atoms with Crippen LogP contribution in [0.2, 0.25) is 4.34 Å². The highest BCUT2D eigenvalue weighted by Crippen LogP contribution is 2.31. The maximum Gasteiger partial charge on any atom is 0.247 e. The standard InChI is InChI=1S/C9H6ClNOS/c10-9-7(3-4-13-9)6-1-2-8(12)11-5-6/h1-5H,(H,11,12). The smallest absolute Gasteiger partial charge is 0.247 e. The minimum atomic E-state index is -0.102. The Morgan fingerprint density at radius 2 is 2.15 bits per heavy atom. The molecular weight excluding hydrogens is 206 g/mol. The third-order valence-corrected chi connectivity index (χ3v) is 2.88. The fraction of sp³-hybridized carbons (Fsp3) is 0. The summed E-state index contributed by atoms with van der Waals surface area (Å²) in [5.74, 6) is 0. The molecule has 0 aliphatic carbocycles. The van der Waals surface area contributed by atoms with E-state index in [1.54, 1.807) is 12.3 Å². The summed E-state index contributed by atoms with van der Waals surface area (Å²) in [5.41, 5.74) is 1.80. The van der Waals surface area contributed by atoms with Crippen LogP contribution >= 0.6 is 22.9 Å². The number of aromatic amines is 1. The Balaban J connectivity index is 2.53. The molecular formula is C9H6ClNOS. The molecule has 0 atom stereocenters. The van der Waals surface area contributed by atoms with Gasteiger partial charge in [0.2, 0.25) is 5.56 Å². The second-order valence-electron chi connectivity index (χ2n) is 2.55. The Morgan fingerprint density at radius 3 is 2.69 bits per heavy atom. The van der Waals surface area contributed by atoms with Crippen LogP contribution in [0, 0.1) is 0 Å². The van der Waals surface area contributed by atoms with Crippen molar-refractivity contribution in [3.8, 4) is 11.1 Å². The summed E-state index contributed by atoms with van der Waals surface area (Å²) in [6.07, 6.45) is 1.66. The molecule has 4 heteroatoms. The summed E-state index contributed by atoms with van der Waals surface area (Å²) in [5, 5.41) is 1.92. The summed E-state index contributed by atoms with van der Waals surface area (Å²) in [7, 11) is 0. The molecule has 2 aromatic heterocycles. The summed E-state index contributed by atoms with van der Waals surface area (Å²) >= 11 is 7.42. The lowest BCUT2D eigenvalue weighted by Gasteiger charge is -1.96. The zero-order valence-electron chi connectivity index (χ0n) is 6.58. The second kappa shape index (κ2) is 3.36. The van der Waals surface area contributed by atoms with Crippen molar-refractivity contribution >= 4 is 22.9 Å². The van der Waals surface area contributed by atoms with Gasteiger partial charge < -0.3 is 4.98 Å². The van der Waals surface area contributed by atoms with Crippen LogP contribution in [0.5, 0.6) is 0 Å². The zero-order valence-corrected chi connectivity index (χ0v) is 8.15. The Bertz CT molecular complexity index is 454. The van der Waals surface area contributed by atoms with Gasteiger partial charge in [0.1, 0.15) is 4.34 Å². The zero-order chi connectivity index (χ0) is 9.26. The average molecular weight is 212 g/mol. The number of rotatable bonds is 1. The average Bonchev–Trinajstić information content (AvgIpc) is 2.53. The maximum absolute atomic E-state index is 10.8. The predicted octanol–water partition coefficient (Wildman–Crippen LogP) is 2.76. The van der Waals surface area contributed by atoms with Gasteiger partial charge in [-0.2, -0.15) is 0 Å². The van der Waals surface area contributed by atoms with E-state index >= 15 is 0 Å². The first-order valence-electron chi connectivity index (χ1n) is 3.69. The number of pyridine rings is 1. The first-order chi connectivity index (χ1) is 6.27. The Morgan fingerprint density at radius 1 is 1.31 bits per heavy atom. The SMILES string of the molecule is O=c1ccc(-c2ccsc2Cl)c[nH]1. The van der Waals surface area contributed by atoms with Crippen molar-refractivity contribution in [1.29, 1.82) is 0 Å². The molecule has 0 saturated heterocycles. The summed E-state index contributed by atoms with van der Waals surface area (Å²) in [6.45, 7) is 0. The lowest BCUT2D eigenvalue weighted by Crippen LogP contribution is -2.00. The highest BCUT2D eigenvalue weighted by molar-refractivity contribution is 7.15. The van der Waals surface area contributed by atoms with E-state index in [-0.39, 0.29) is 5.56 Å². The monoisotopic (exact) mass is 211 g/mol. The van der Waals surface area contributed by atoms with Gasteiger partial charge in [-0.3, -0.25) is 4.79 Å². The number of halogens is 1. The second-order valence-corrected chi connectivity index (χ2v) is 4.07. The van der Waals surface area contributed by atoms with E-state index in [1.807, 2.05) is 11.4 Å². The van der Waals surface area contributed by atoms with Crippen molar-refractivity contribution in [2.75, 3.05) is 0 Å². The van der Waals surface area contributed by atoms with Gasteiger partial charge in [-0.05, 0) is 17.5 Å². The third kappa shape index (κ3) is 1.66. The number of H-pyrrole nitrogens is 1. The molecule has 2 heterocycles. The fourth-order valence-corrected chi connectivity index (χ4v) is 2.04. The first kappa shape index (κ1) is 8.53. The number of aromatic nitrogens is 1. The quantitative estimate of drug-likeness (QED) is 0.773. The third-order valence-electron chi connectivity index (χ3n) is 1.71. The van der Waals surface area contributed by atoms with Crippen LogP contribution in [0.4, 0.5) is 0 Å². The van der Waals surface area contributed by atoms with E-state index < -0.39 is 0 Å². The highest BCUT2D eigenvalue weighted by atomic mass is 35.5. The minimum Gasteiger partial charge on any atom is -0.328 e. The molecule has 1 N–H and O–H groups in total. The van der Waals surface area contributed by atoms with Crippen molar-refractivity contribution in [1.82, 2.24) is 4.98 Å². The summed E-state index contributed by atoms with van der Waals surface area (Å²) in [4.78, 5) is 13.4. The molecule has 2 aromatic rings. The van der Waals surface area contributed by atoms with Gasteiger partial charge in [-0.25, -0.2) is 0 Å². The largest absolute Gasteiger partial charge is 0.328 e. The predicted molar refractivity (Wildman–Crippen MR) is 55.4 cm³/mol. The Labute approximate surface area is 83.8 Å². The molecule has 0 radical (unpaired) electrons. The molecule has 0 saturated carbocycles. The molecule has 0 fully saturated rings. The van der Waals surface area contributed by atoms with Crippen molar-refractivity contribution in [3.05, 3.63) is 44.5 Å². The maximum atomic E-state index is 10.8. The molecule has 0 aliphatic rings. The number of hydrogen-bond acceptors (Lipinski definition) is 2. The van der Waals surface area contributed by atoms with Crippen LogP contribution < -0.4 is 5.56 Å². The number of nitrogens with one attached hydrogen (secondary N) is 1. The fourth-order valence-electron chi connectivity index (χ4n) is 1.08. The van der Waals surface area contributed by atoms with E-state index in [2.05, 4.69) is 4.98 Å². The molecule has 0 unspecified atom stereocenters. The van der Waals surface area contributed by atoms with E-state index in [1.165, 1.54) is 17.4 Å². The number of thiophene rings is 1. The van der Waals surface area contributed by atoms with Crippen molar-refractivity contribution in [3.63, 3.8) is 0 Å². The van der Waals surface area contributed by atoms with Gasteiger partial charge in [0.25, 0.3) is 0 Å². The van der Waals surface area contributed by atoms with Gasteiger partial charge in [-0.1, -0.05) is 11.6 Å². The van der Waals surface area contributed by atoms with Crippen LogP contribution in [0.25, 0.3) is 11.1 Å². The summed E-state index contributed by atoms with van der Waals surface area (Å²) in [6, 6.07) is 5.18. The van der Waals surface area contributed by atoms with Crippen LogP contribution in [0.1, 0.15) is 0 Å². The lowest BCUT2D eigenvalue weighted by molar-refractivity contribution is 1.24. The molecule has 0 aliphatic heterocycles. The Kier molecular flexibility index (Phi) is 2.20. The molecule has 0 amide bonds. The van der Waals surface area contributed by atoms with Crippen molar-refractivity contribution in [2.45, 2.75) is 0 Å². The highest BCUT2D eigenvalue weighted by Gasteiger charge is 2.03. The van der Waals surface area contributed by atoms with Gasteiger partial charge in [0, 0.05) is 23.4 Å². The Hall–Kier alpha value is -1.06. The van der Waals surface area contributed by atoms with E-state index in [0.29, 0.717) is 0 Å². The topological polar surface area (TPSA) is 32.9 Å². The van der Waals surface area contributed by atoms with Crippen LogP contribution in [-0.2, 0) is 0 Å². The molecule has 2 nitrogen and oxygen atoms in total. The summed E-state index contributed by atoms with van der Waals surface area (Å²) < 4.78 is 0.743.